The van der Waals surface area contributed by atoms with Crippen LogP contribution in [0, 0.1) is 5.92 Å². The van der Waals surface area contributed by atoms with Gasteiger partial charge in [-0.3, -0.25) is 0 Å². The first-order chi connectivity index (χ1) is 2.80. The molecule has 2 atom stereocenters. The molecular formula is C5H9I. The van der Waals surface area contributed by atoms with E-state index in [0.717, 1.165) is 9.84 Å². The van der Waals surface area contributed by atoms with E-state index in [-0.39, 0.29) is 0 Å². The summed E-state index contributed by atoms with van der Waals surface area (Å²) in [6.45, 7) is 2.32. The Morgan fingerprint density at radius 1 is 1.50 bits per heavy atom. The molecule has 1 saturated carbocycles. The third kappa shape index (κ3) is 0.695. The first-order valence-corrected chi connectivity index (χ1v) is 3.69. The average molecular weight is 196 g/mol. The van der Waals surface area contributed by atoms with E-state index >= 15 is 0 Å². The largest absolute Gasteiger partial charge is 0.0823 e. The number of hydrogen-bond acceptors (Lipinski definition) is 0. The van der Waals surface area contributed by atoms with Gasteiger partial charge in [-0.15, -0.1) is 0 Å². The maximum Gasteiger partial charge on any atom is 0.0135 e. The van der Waals surface area contributed by atoms with Crippen molar-refractivity contribution in [3.63, 3.8) is 0 Å². The van der Waals surface area contributed by atoms with Crippen molar-refractivity contribution in [2.24, 2.45) is 5.92 Å². The van der Waals surface area contributed by atoms with E-state index in [9.17, 15) is 0 Å². The average Bonchev–Trinajstić information content (AvgIpc) is 1.61. The Kier molecular flexibility index (Phi) is 1.37. The number of halogens is 1. The minimum atomic E-state index is 1.00. The highest BCUT2D eigenvalue weighted by Crippen LogP contribution is 2.33. The van der Waals surface area contributed by atoms with Crippen molar-refractivity contribution < 1.29 is 0 Å². The first-order valence-electron chi connectivity index (χ1n) is 2.45. The predicted molar refractivity (Wildman–Crippen MR) is 36.2 cm³/mol. The highest BCUT2D eigenvalue weighted by Gasteiger charge is 2.22. The van der Waals surface area contributed by atoms with E-state index < -0.39 is 0 Å². The molecule has 0 bridgehead atoms. The third-order valence-electron chi connectivity index (χ3n) is 1.52. The zero-order valence-corrected chi connectivity index (χ0v) is 6.10. The summed E-state index contributed by atoms with van der Waals surface area (Å²) in [5, 5.41) is 0. The normalized spacial score (nSPS) is 45.0. The van der Waals surface area contributed by atoms with E-state index in [4.69, 9.17) is 0 Å². The van der Waals surface area contributed by atoms with Crippen LogP contribution in [0.5, 0.6) is 0 Å². The van der Waals surface area contributed by atoms with E-state index in [1.165, 1.54) is 12.8 Å². The Bertz CT molecular complexity index is 43.9. The van der Waals surface area contributed by atoms with Crippen molar-refractivity contribution in [3.05, 3.63) is 0 Å². The Balaban J connectivity index is 2.20. The Labute approximate surface area is 52.5 Å². The highest BCUT2D eigenvalue weighted by molar-refractivity contribution is 14.1. The van der Waals surface area contributed by atoms with Crippen LogP contribution in [0.2, 0.25) is 0 Å². The van der Waals surface area contributed by atoms with Crippen LogP contribution in [-0.2, 0) is 0 Å². The molecule has 0 radical (unpaired) electrons. The molecule has 0 spiro atoms. The Hall–Kier alpha value is 0.730. The summed E-state index contributed by atoms with van der Waals surface area (Å²) in [7, 11) is 0. The molecule has 6 heavy (non-hydrogen) atoms. The molecule has 1 rings (SSSR count). The minimum absolute atomic E-state index is 1.00. The van der Waals surface area contributed by atoms with Gasteiger partial charge in [0.1, 0.15) is 0 Å². The molecule has 0 amide bonds. The number of alkyl halides is 1. The van der Waals surface area contributed by atoms with Crippen molar-refractivity contribution in [1.82, 2.24) is 0 Å². The molecule has 0 nitrogen and oxygen atoms in total. The van der Waals surface area contributed by atoms with E-state index in [2.05, 4.69) is 29.5 Å². The standard InChI is InChI=1S/C5H9I/c1-4-2-3-5(4)6/h4-5H,2-3H2,1H3/t4?,5-/m1/s1. The smallest absolute Gasteiger partial charge is 0.0135 e. The summed E-state index contributed by atoms with van der Waals surface area (Å²) in [6.07, 6.45) is 2.93. The van der Waals surface area contributed by atoms with Crippen molar-refractivity contribution in [3.8, 4) is 0 Å². The zero-order chi connectivity index (χ0) is 4.57. The van der Waals surface area contributed by atoms with Gasteiger partial charge in [-0.2, -0.15) is 0 Å². The lowest BCUT2D eigenvalue weighted by molar-refractivity contribution is 0.378. The van der Waals surface area contributed by atoms with E-state index in [0.29, 0.717) is 0 Å². The Morgan fingerprint density at radius 2 is 2.00 bits per heavy atom. The van der Waals surface area contributed by atoms with Gasteiger partial charge in [0.2, 0.25) is 0 Å². The van der Waals surface area contributed by atoms with Crippen LogP contribution in [0.4, 0.5) is 0 Å². The fraction of sp³-hybridized carbons (Fsp3) is 1.00. The molecule has 1 aliphatic rings. The van der Waals surface area contributed by atoms with Gasteiger partial charge < -0.3 is 0 Å². The summed E-state index contributed by atoms with van der Waals surface area (Å²) in [4.78, 5) is 0. The summed E-state index contributed by atoms with van der Waals surface area (Å²) in [5.74, 6) is 1.02. The van der Waals surface area contributed by atoms with E-state index in [1.807, 2.05) is 0 Å². The summed E-state index contributed by atoms with van der Waals surface area (Å²) in [6, 6.07) is 0. The van der Waals surface area contributed by atoms with Crippen LogP contribution in [0.3, 0.4) is 0 Å². The molecule has 0 aromatic rings. The molecule has 0 heterocycles. The van der Waals surface area contributed by atoms with Crippen LogP contribution in [-0.4, -0.2) is 3.92 Å². The SMILES string of the molecule is CC1CC[C@H]1I. The second-order valence-corrected chi connectivity index (χ2v) is 3.67. The van der Waals surface area contributed by atoms with Crippen LogP contribution in [0.15, 0.2) is 0 Å². The molecule has 36 valence electrons. The molecule has 1 heteroatoms. The van der Waals surface area contributed by atoms with Gasteiger partial charge in [0.05, 0.1) is 0 Å². The van der Waals surface area contributed by atoms with Crippen molar-refractivity contribution in [1.29, 1.82) is 0 Å². The van der Waals surface area contributed by atoms with E-state index in [1.54, 1.807) is 0 Å². The molecule has 1 fully saturated rings. The molecule has 0 aromatic carbocycles. The lowest BCUT2D eigenvalue weighted by atomic mass is 9.87. The lowest BCUT2D eigenvalue weighted by Gasteiger charge is -2.27. The second-order valence-electron chi connectivity index (χ2n) is 2.07. The molecule has 1 aliphatic carbocycles. The lowest BCUT2D eigenvalue weighted by Crippen LogP contribution is -2.21. The quantitative estimate of drug-likeness (QED) is 0.411. The molecule has 0 saturated heterocycles. The summed E-state index contributed by atoms with van der Waals surface area (Å²) in [5.41, 5.74) is 0. The second kappa shape index (κ2) is 1.68. The maximum absolute atomic E-state index is 2.52. The van der Waals surface area contributed by atoms with Gasteiger partial charge in [-0.05, 0) is 18.8 Å². The topological polar surface area (TPSA) is 0 Å². The monoisotopic (exact) mass is 196 g/mol. The van der Waals surface area contributed by atoms with Gasteiger partial charge in [-0.1, -0.05) is 29.5 Å². The van der Waals surface area contributed by atoms with Crippen molar-refractivity contribution in [2.45, 2.75) is 23.7 Å². The van der Waals surface area contributed by atoms with Gasteiger partial charge in [0.15, 0.2) is 0 Å². The van der Waals surface area contributed by atoms with Gasteiger partial charge in [0.25, 0.3) is 0 Å². The van der Waals surface area contributed by atoms with Gasteiger partial charge >= 0.3 is 0 Å². The molecule has 1 unspecified atom stereocenters. The fourth-order valence-corrected chi connectivity index (χ4v) is 1.35. The summed E-state index contributed by atoms with van der Waals surface area (Å²) < 4.78 is 1.00. The third-order valence-corrected chi connectivity index (χ3v) is 3.37. The van der Waals surface area contributed by atoms with Crippen LogP contribution in [0.25, 0.3) is 0 Å². The minimum Gasteiger partial charge on any atom is -0.0823 e. The molecule has 0 aromatic heterocycles. The first kappa shape index (κ1) is 4.88. The maximum atomic E-state index is 2.52. The Morgan fingerprint density at radius 3 is 2.00 bits per heavy atom. The van der Waals surface area contributed by atoms with Crippen LogP contribution in [0.1, 0.15) is 19.8 Å². The van der Waals surface area contributed by atoms with Crippen molar-refractivity contribution >= 4 is 22.6 Å². The van der Waals surface area contributed by atoms with Crippen LogP contribution < -0.4 is 0 Å². The van der Waals surface area contributed by atoms with Gasteiger partial charge in [-0.25, -0.2) is 0 Å². The number of rotatable bonds is 0. The molecule has 0 N–H and O–H groups in total. The molecular weight excluding hydrogens is 187 g/mol. The number of hydrogen-bond donors (Lipinski definition) is 0. The van der Waals surface area contributed by atoms with Gasteiger partial charge in [0, 0.05) is 3.92 Å². The zero-order valence-electron chi connectivity index (χ0n) is 3.95. The van der Waals surface area contributed by atoms with Crippen molar-refractivity contribution in [2.75, 3.05) is 0 Å². The fourth-order valence-electron chi connectivity index (χ4n) is 0.626. The van der Waals surface area contributed by atoms with Crippen LogP contribution >= 0.6 is 22.6 Å². The molecule has 0 aliphatic heterocycles. The predicted octanol–water partition coefficient (Wildman–Crippen LogP) is 2.22. The summed E-state index contributed by atoms with van der Waals surface area (Å²) >= 11 is 2.52. The highest BCUT2D eigenvalue weighted by atomic mass is 127.